The summed E-state index contributed by atoms with van der Waals surface area (Å²) in [6, 6.07) is 11.9. The number of hydrogen-bond donors (Lipinski definition) is 1. The van der Waals surface area contributed by atoms with Crippen LogP contribution in [0.25, 0.3) is 21.7 Å². The minimum Gasteiger partial charge on any atom is -0.351 e. The fourth-order valence-electron chi connectivity index (χ4n) is 2.27. The lowest BCUT2D eigenvalue weighted by atomic mass is 10.3. The molecule has 1 aromatic carbocycles. The van der Waals surface area contributed by atoms with Crippen molar-refractivity contribution in [2.45, 2.75) is 13.3 Å². The maximum Gasteiger partial charge on any atom is 0.261 e. The summed E-state index contributed by atoms with van der Waals surface area (Å²) in [6.45, 7) is 2.75. The van der Waals surface area contributed by atoms with Crippen molar-refractivity contribution in [1.29, 1.82) is 0 Å². The average molecular weight is 299 g/mol. The van der Waals surface area contributed by atoms with Gasteiger partial charge < -0.3 is 9.88 Å². The molecule has 108 valence electrons. The van der Waals surface area contributed by atoms with E-state index in [4.69, 9.17) is 0 Å². The van der Waals surface area contributed by atoms with Crippen LogP contribution in [0.15, 0.2) is 36.4 Å². The number of nitrogens with one attached hydrogen (secondary N) is 1. The van der Waals surface area contributed by atoms with Gasteiger partial charge in [0.15, 0.2) is 5.82 Å². The van der Waals surface area contributed by atoms with Gasteiger partial charge in [-0.25, -0.2) is 4.98 Å². The maximum atomic E-state index is 12.0. The van der Waals surface area contributed by atoms with Crippen LogP contribution in [0.2, 0.25) is 0 Å². The Labute approximate surface area is 127 Å². The van der Waals surface area contributed by atoms with E-state index >= 15 is 0 Å². The number of hydrogen-bond acceptors (Lipinski definition) is 3. The Morgan fingerprint density at radius 2 is 2.10 bits per heavy atom. The number of aromatic nitrogens is 2. The summed E-state index contributed by atoms with van der Waals surface area (Å²) in [4.78, 5) is 18.4. The third kappa shape index (κ3) is 2.56. The predicted octanol–water partition coefficient (Wildman–Crippen LogP) is 3.44. The topological polar surface area (TPSA) is 46.9 Å². The zero-order valence-electron chi connectivity index (χ0n) is 12.1. The normalized spacial score (nSPS) is 11.0. The van der Waals surface area contributed by atoms with Crippen LogP contribution in [0.5, 0.6) is 0 Å². The van der Waals surface area contributed by atoms with Crippen LogP contribution in [0.4, 0.5) is 0 Å². The smallest absolute Gasteiger partial charge is 0.261 e. The molecule has 0 aliphatic rings. The quantitative estimate of drug-likeness (QED) is 0.802. The predicted molar refractivity (Wildman–Crippen MR) is 86.7 cm³/mol. The van der Waals surface area contributed by atoms with Crippen LogP contribution >= 0.6 is 11.3 Å². The van der Waals surface area contributed by atoms with E-state index in [9.17, 15) is 4.79 Å². The Morgan fingerprint density at radius 3 is 2.86 bits per heavy atom. The number of thiophene rings is 1. The number of para-hydroxylation sites is 2. The van der Waals surface area contributed by atoms with Gasteiger partial charge in [0.25, 0.3) is 5.91 Å². The van der Waals surface area contributed by atoms with Crippen molar-refractivity contribution in [3.05, 3.63) is 41.3 Å². The van der Waals surface area contributed by atoms with Crippen LogP contribution in [-0.4, -0.2) is 22.0 Å². The number of amides is 1. The highest BCUT2D eigenvalue weighted by Crippen LogP contribution is 2.29. The Bertz CT molecular complexity index is 788. The van der Waals surface area contributed by atoms with Gasteiger partial charge in [0.1, 0.15) is 0 Å². The highest BCUT2D eigenvalue weighted by molar-refractivity contribution is 7.17. The molecule has 0 radical (unpaired) electrons. The number of carbonyl (C=O) groups excluding carboxylic acids is 1. The minimum atomic E-state index is -0.00753. The SMILES string of the molecule is CCCNC(=O)c1ccc(-c2nc3ccccc3n2C)s1. The number of benzene rings is 1. The van der Waals surface area contributed by atoms with E-state index in [0.717, 1.165) is 33.0 Å². The number of imidazole rings is 1. The van der Waals surface area contributed by atoms with Crippen molar-refractivity contribution in [3.63, 3.8) is 0 Å². The molecule has 4 nitrogen and oxygen atoms in total. The molecule has 3 rings (SSSR count). The fraction of sp³-hybridized carbons (Fsp3) is 0.250. The molecule has 0 aliphatic carbocycles. The summed E-state index contributed by atoms with van der Waals surface area (Å²) >= 11 is 1.48. The molecule has 0 saturated carbocycles. The van der Waals surface area contributed by atoms with Gasteiger partial charge in [0.2, 0.25) is 0 Å². The van der Waals surface area contributed by atoms with Gasteiger partial charge >= 0.3 is 0 Å². The first-order valence-electron chi connectivity index (χ1n) is 7.00. The molecule has 0 unspecified atom stereocenters. The number of nitrogens with zero attached hydrogens (tertiary/aromatic N) is 2. The summed E-state index contributed by atoms with van der Waals surface area (Å²) < 4.78 is 2.06. The fourth-order valence-corrected chi connectivity index (χ4v) is 3.22. The molecule has 5 heteroatoms. The minimum absolute atomic E-state index is 0.00753. The van der Waals surface area contributed by atoms with Crippen LogP contribution in [-0.2, 0) is 7.05 Å². The number of fused-ring (bicyclic) bond motifs is 1. The van der Waals surface area contributed by atoms with Gasteiger partial charge in [0.05, 0.1) is 20.8 Å². The van der Waals surface area contributed by atoms with Crippen LogP contribution < -0.4 is 5.32 Å². The molecule has 0 spiro atoms. The third-order valence-corrected chi connectivity index (χ3v) is 4.45. The van der Waals surface area contributed by atoms with E-state index in [-0.39, 0.29) is 5.91 Å². The second kappa shape index (κ2) is 5.69. The number of carbonyl (C=O) groups is 1. The zero-order chi connectivity index (χ0) is 14.8. The van der Waals surface area contributed by atoms with Gasteiger partial charge in [-0.05, 0) is 30.7 Å². The zero-order valence-corrected chi connectivity index (χ0v) is 12.9. The molecule has 3 aromatic rings. The lowest BCUT2D eigenvalue weighted by Crippen LogP contribution is -2.22. The van der Waals surface area contributed by atoms with E-state index in [0.29, 0.717) is 6.54 Å². The monoisotopic (exact) mass is 299 g/mol. The third-order valence-electron chi connectivity index (χ3n) is 3.37. The van der Waals surface area contributed by atoms with Crippen molar-refractivity contribution in [2.75, 3.05) is 6.54 Å². The summed E-state index contributed by atoms with van der Waals surface area (Å²) in [5.74, 6) is 0.891. The van der Waals surface area contributed by atoms with E-state index < -0.39 is 0 Å². The first-order chi connectivity index (χ1) is 10.2. The molecule has 0 aliphatic heterocycles. The second-order valence-corrected chi connectivity index (χ2v) is 5.99. The standard InChI is InChI=1S/C16H17N3OS/c1-3-10-17-16(20)14-9-8-13(21-14)15-18-11-6-4-5-7-12(11)19(15)2/h4-9H,3,10H2,1-2H3,(H,17,20). The van der Waals surface area contributed by atoms with Crippen molar-refractivity contribution < 1.29 is 4.79 Å². The van der Waals surface area contributed by atoms with E-state index in [1.54, 1.807) is 0 Å². The molecule has 0 fully saturated rings. The second-order valence-electron chi connectivity index (χ2n) is 4.90. The lowest BCUT2D eigenvalue weighted by molar-refractivity contribution is 0.0957. The Kier molecular flexibility index (Phi) is 3.75. The molecule has 0 saturated heterocycles. The first kappa shape index (κ1) is 13.8. The van der Waals surface area contributed by atoms with Crippen molar-refractivity contribution in [1.82, 2.24) is 14.9 Å². The largest absolute Gasteiger partial charge is 0.351 e. The van der Waals surface area contributed by atoms with Crippen LogP contribution in [0.1, 0.15) is 23.0 Å². The van der Waals surface area contributed by atoms with Crippen molar-refractivity contribution >= 4 is 28.3 Å². The van der Waals surface area contributed by atoms with Crippen molar-refractivity contribution in [3.8, 4) is 10.7 Å². The summed E-state index contributed by atoms with van der Waals surface area (Å²) in [5.41, 5.74) is 2.07. The molecule has 0 bridgehead atoms. The Morgan fingerprint density at radius 1 is 1.29 bits per heavy atom. The molecular formula is C16H17N3OS. The molecule has 2 heterocycles. The van der Waals surface area contributed by atoms with Gasteiger partial charge in [0, 0.05) is 13.6 Å². The van der Waals surface area contributed by atoms with Crippen LogP contribution in [0.3, 0.4) is 0 Å². The van der Waals surface area contributed by atoms with Gasteiger partial charge in [-0.15, -0.1) is 11.3 Å². The summed E-state index contributed by atoms with van der Waals surface area (Å²) in [5, 5.41) is 2.90. The highest BCUT2D eigenvalue weighted by Gasteiger charge is 2.14. The van der Waals surface area contributed by atoms with E-state index in [1.807, 2.05) is 50.4 Å². The maximum absolute atomic E-state index is 12.0. The van der Waals surface area contributed by atoms with Crippen molar-refractivity contribution in [2.24, 2.45) is 7.05 Å². The number of aryl methyl sites for hydroxylation is 1. The molecule has 21 heavy (non-hydrogen) atoms. The molecule has 0 atom stereocenters. The van der Waals surface area contributed by atoms with Crippen LogP contribution in [0, 0.1) is 0 Å². The summed E-state index contributed by atoms with van der Waals surface area (Å²) in [7, 11) is 2.00. The van der Waals surface area contributed by atoms with E-state index in [2.05, 4.69) is 14.9 Å². The molecular weight excluding hydrogens is 282 g/mol. The highest BCUT2D eigenvalue weighted by atomic mass is 32.1. The number of rotatable bonds is 4. The molecule has 1 amide bonds. The van der Waals surface area contributed by atoms with Gasteiger partial charge in [-0.2, -0.15) is 0 Å². The molecule has 1 N–H and O–H groups in total. The molecule has 2 aromatic heterocycles. The lowest BCUT2D eigenvalue weighted by Gasteiger charge is -2.00. The average Bonchev–Trinajstić information content (AvgIpc) is 3.10. The Hall–Kier alpha value is -2.14. The van der Waals surface area contributed by atoms with Gasteiger partial charge in [-0.3, -0.25) is 4.79 Å². The first-order valence-corrected chi connectivity index (χ1v) is 7.82. The Balaban J connectivity index is 1.95. The van der Waals surface area contributed by atoms with Gasteiger partial charge in [-0.1, -0.05) is 19.1 Å². The van der Waals surface area contributed by atoms with E-state index in [1.165, 1.54) is 11.3 Å². The summed E-state index contributed by atoms with van der Waals surface area (Å²) in [6.07, 6.45) is 0.939.